The Morgan fingerprint density at radius 1 is 1.11 bits per heavy atom. The van der Waals surface area contributed by atoms with E-state index in [-0.39, 0.29) is 5.91 Å². The highest BCUT2D eigenvalue weighted by Crippen LogP contribution is 2.14. The monoisotopic (exact) mass is 260 g/mol. The average Bonchev–Trinajstić information content (AvgIpc) is 2.90. The lowest BCUT2D eigenvalue weighted by Crippen LogP contribution is -2.37. The Labute approximate surface area is 108 Å². The Hall–Kier alpha value is -2.14. The molecule has 18 heavy (non-hydrogen) atoms. The molecule has 92 valence electrons. The first kappa shape index (κ1) is 12.3. The number of hydrogen-bond acceptors (Lipinski definition) is 3. The van der Waals surface area contributed by atoms with Crippen LogP contribution in [0.2, 0.25) is 0 Å². The van der Waals surface area contributed by atoms with Crippen LogP contribution in [-0.4, -0.2) is 11.8 Å². The fourth-order valence-corrected chi connectivity index (χ4v) is 2.20. The van der Waals surface area contributed by atoms with Crippen molar-refractivity contribution in [3.05, 3.63) is 58.3 Å². The lowest BCUT2D eigenvalue weighted by molar-refractivity contribution is -0.120. The van der Waals surface area contributed by atoms with Gasteiger partial charge in [-0.05, 0) is 17.0 Å². The normalized spacial score (nSPS) is 11.8. The first-order valence-electron chi connectivity index (χ1n) is 5.37. The SMILES string of the molecule is NC(=O)[C@H](NC(=O)c1cccs1)c1ccccc1. The van der Waals surface area contributed by atoms with Crippen LogP contribution in [0.3, 0.4) is 0 Å². The highest BCUT2D eigenvalue weighted by Gasteiger charge is 2.20. The maximum absolute atomic E-state index is 11.9. The van der Waals surface area contributed by atoms with E-state index in [1.54, 1.807) is 41.8 Å². The minimum Gasteiger partial charge on any atom is -0.368 e. The summed E-state index contributed by atoms with van der Waals surface area (Å²) in [5, 5.41) is 4.43. The van der Waals surface area contributed by atoms with E-state index in [0.717, 1.165) is 0 Å². The Morgan fingerprint density at radius 3 is 2.39 bits per heavy atom. The van der Waals surface area contributed by atoms with Gasteiger partial charge < -0.3 is 11.1 Å². The van der Waals surface area contributed by atoms with Gasteiger partial charge in [0.15, 0.2) is 0 Å². The summed E-state index contributed by atoms with van der Waals surface area (Å²) in [6.45, 7) is 0. The van der Waals surface area contributed by atoms with Crippen LogP contribution in [-0.2, 0) is 4.79 Å². The Kier molecular flexibility index (Phi) is 3.74. The van der Waals surface area contributed by atoms with Gasteiger partial charge in [0.1, 0.15) is 6.04 Å². The summed E-state index contributed by atoms with van der Waals surface area (Å²) in [7, 11) is 0. The molecule has 0 unspecified atom stereocenters. The molecule has 1 heterocycles. The smallest absolute Gasteiger partial charge is 0.262 e. The standard InChI is InChI=1S/C13H12N2O2S/c14-12(16)11(9-5-2-1-3-6-9)15-13(17)10-7-4-8-18-10/h1-8,11H,(H2,14,16)(H,15,17)/t11-/m1/s1. The fourth-order valence-electron chi connectivity index (χ4n) is 1.57. The Bertz CT molecular complexity index is 537. The third kappa shape index (κ3) is 2.75. The number of benzene rings is 1. The Morgan fingerprint density at radius 2 is 1.83 bits per heavy atom. The van der Waals surface area contributed by atoms with Crippen LogP contribution in [0.4, 0.5) is 0 Å². The molecule has 2 aromatic rings. The van der Waals surface area contributed by atoms with Crippen molar-refractivity contribution < 1.29 is 9.59 Å². The van der Waals surface area contributed by atoms with Gasteiger partial charge in [-0.1, -0.05) is 36.4 Å². The van der Waals surface area contributed by atoms with Crippen molar-refractivity contribution in [2.75, 3.05) is 0 Å². The van der Waals surface area contributed by atoms with Gasteiger partial charge in [-0.25, -0.2) is 0 Å². The molecule has 0 bridgehead atoms. The maximum Gasteiger partial charge on any atom is 0.262 e. The highest BCUT2D eigenvalue weighted by molar-refractivity contribution is 7.12. The summed E-state index contributed by atoms with van der Waals surface area (Å²) in [5.74, 6) is -0.872. The third-order valence-corrected chi connectivity index (χ3v) is 3.31. The molecule has 5 heteroatoms. The van der Waals surface area contributed by atoms with E-state index < -0.39 is 11.9 Å². The van der Waals surface area contributed by atoms with Gasteiger partial charge in [-0.2, -0.15) is 0 Å². The van der Waals surface area contributed by atoms with E-state index in [1.165, 1.54) is 11.3 Å². The summed E-state index contributed by atoms with van der Waals surface area (Å²) in [6.07, 6.45) is 0. The molecule has 4 nitrogen and oxygen atoms in total. The number of hydrogen-bond donors (Lipinski definition) is 2. The summed E-state index contributed by atoms with van der Waals surface area (Å²) in [6, 6.07) is 11.6. The lowest BCUT2D eigenvalue weighted by Gasteiger charge is -2.15. The average molecular weight is 260 g/mol. The van der Waals surface area contributed by atoms with Gasteiger partial charge in [-0.3, -0.25) is 9.59 Å². The fraction of sp³-hybridized carbons (Fsp3) is 0.0769. The largest absolute Gasteiger partial charge is 0.368 e. The molecule has 0 aliphatic heterocycles. The minimum absolute atomic E-state index is 0.294. The van der Waals surface area contributed by atoms with E-state index in [1.807, 2.05) is 6.07 Å². The van der Waals surface area contributed by atoms with Crippen molar-refractivity contribution in [2.45, 2.75) is 6.04 Å². The van der Waals surface area contributed by atoms with Crippen LogP contribution in [0, 0.1) is 0 Å². The molecule has 0 saturated carbocycles. The molecule has 2 amide bonds. The number of nitrogens with two attached hydrogens (primary N) is 1. The zero-order valence-corrected chi connectivity index (χ0v) is 10.3. The molecule has 0 aliphatic rings. The molecule has 0 spiro atoms. The minimum atomic E-state index is -0.805. The molecule has 0 aliphatic carbocycles. The predicted molar refractivity (Wildman–Crippen MR) is 70.2 cm³/mol. The second-order valence-corrected chi connectivity index (χ2v) is 4.64. The summed E-state index contributed by atoms with van der Waals surface area (Å²) in [4.78, 5) is 23.9. The van der Waals surface area contributed by atoms with Crippen LogP contribution in [0.25, 0.3) is 0 Å². The molecule has 0 fully saturated rings. The van der Waals surface area contributed by atoms with Crippen molar-refractivity contribution in [3.8, 4) is 0 Å². The van der Waals surface area contributed by atoms with Crippen molar-refractivity contribution in [2.24, 2.45) is 5.73 Å². The molecule has 3 N–H and O–H groups in total. The van der Waals surface area contributed by atoms with Gasteiger partial charge in [0, 0.05) is 0 Å². The number of primary amides is 1. The Balaban J connectivity index is 2.18. The molecule has 0 radical (unpaired) electrons. The highest BCUT2D eigenvalue weighted by atomic mass is 32.1. The number of carbonyl (C=O) groups is 2. The molecular formula is C13H12N2O2S. The van der Waals surface area contributed by atoms with Gasteiger partial charge >= 0.3 is 0 Å². The van der Waals surface area contributed by atoms with Gasteiger partial charge in [0.05, 0.1) is 4.88 Å². The van der Waals surface area contributed by atoms with Crippen molar-refractivity contribution in [3.63, 3.8) is 0 Å². The molecule has 1 atom stereocenters. The van der Waals surface area contributed by atoms with Crippen molar-refractivity contribution >= 4 is 23.2 Å². The van der Waals surface area contributed by atoms with Crippen LogP contribution < -0.4 is 11.1 Å². The van der Waals surface area contributed by atoms with E-state index in [0.29, 0.717) is 10.4 Å². The topological polar surface area (TPSA) is 72.2 Å². The van der Waals surface area contributed by atoms with Crippen molar-refractivity contribution in [1.82, 2.24) is 5.32 Å². The third-order valence-electron chi connectivity index (χ3n) is 2.44. The second-order valence-electron chi connectivity index (χ2n) is 3.70. The van der Waals surface area contributed by atoms with Crippen LogP contribution >= 0.6 is 11.3 Å². The van der Waals surface area contributed by atoms with Crippen LogP contribution in [0.1, 0.15) is 21.3 Å². The van der Waals surface area contributed by atoms with Crippen LogP contribution in [0.15, 0.2) is 47.8 Å². The molecule has 0 saturated heterocycles. The van der Waals surface area contributed by atoms with Crippen molar-refractivity contribution in [1.29, 1.82) is 0 Å². The molecule has 1 aromatic heterocycles. The van der Waals surface area contributed by atoms with Crippen LogP contribution in [0.5, 0.6) is 0 Å². The van der Waals surface area contributed by atoms with E-state index in [9.17, 15) is 9.59 Å². The number of carbonyl (C=O) groups excluding carboxylic acids is 2. The van der Waals surface area contributed by atoms with E-state index in [4.69, 9.17) is 5.73 Å². The summed E-state index contributed by atoms with van der Waals surface area (Å²) in [5.41, 5.74) is 6.00. The zero-order chi connectivity index (χ0) is 13.0. The number of nitrogens with one attached hydrogen (secondary N) is 1. The first-order valence-corrected chi connectivity index (χ1v) is 6.25. The first-order chi connectivity index (χ1) is 8.68. The maximum atomic E-state index is 11.9. The van der Waals surface area contributed by atoms with Gasteiger partial charge in [0.25, 0.3) is 5.91 Å². The van der Waals surface area contributed by atoms with Gasteiger partial charge in [0.2, 0.25) is 5.91 Å². The van der Waals surface area contributed by atoms with Gasteiger partial charge in [-0.15, -0.1) is 11.3 Å². The predicted octanol–water partition coefficient (Wildman–Crippen LogP) is 1.70. The summed E-state index contributed by atoms with van der Waals surface area (Å²) >= 11 is 1.32. The molecular weight excluding hydrogens is 248 g/mol. The quantitative estimate of drug-likeness (QED) is 0.878. The number of thiophene rings is 1. The molecule has 1 aromatic carbocycles. The number of rotatable bonds is 4. The zero-order valence-electron chi connectivity index (χ0n) is 9.50. The number of amides is 2. The van der Waals surface area contributed by atoms with E-state index in [2.05, 4.69) is 5.32 Å². The second kappa shape index (κ2) is 5.46. The molecule has 2 rings (SSSR count). The lowest BCUT2D eigenvalue weighted by atomic mass is 10.1. The summed E-state index contributed by atoms with van der Waals surface area (Å²) < 4.78 is 0. The van der Waals surface area contributed by atoms with E-state index >= 15 is 0 Å².